The molecule has 16 heavy (non-hydrogen) atoms. The number of unbranched alkanes of at least 4 members (excludes halogenated alkanes) is 1. The fraction of sp³-hybridized carbons (Fsp3) is 0.500. The van der Waals surface area contributed by atoms with Crippen LogP contribution in [0.4, 0.5) is 0 Å². The normalized spacial score (nSPS) is 11.2. The molecule has 1 aromatic rings. The number of nitrogens with zero attached hydrogens (tertiary/aromatic N) is 1. The van der Waals surface area contributed by atoms with Crippen molar-refractivity contribution < 1.29 is 9.90 Å². The van der Waals surface area contributed by atoms with E-state index >= 15 is 0 Å². The molecule has 0 radical (unpaired) electrons. The van der Waals surface area contributed by atoms with Crippen molar-refractivity contribution in [2.45, 2.75) is 39.2 Å². The lowest BCUT2D eigenvalue weighted by Crippen LogP contribution is -2.13. The second-order valence-electron chi connectivity index (χ2n) is 3.66. The van der Waals surface area contributed by atoms with Crippen LogP contribution in [-0.2, 0) is 0 Å². The van der Waals surface area contributed by atoms with E-state index in [2.05, 4.69) is 18.8 Å². The van der Waals surface area contributed by atoms with Crippen molar-refractivity contribution in [1.29, 1.82) is 0 Å². The molecule has 0 aliphatic carbocycles. The first-order valence-electron chi connectivity index (χ1n) is 5.46. The Bertz CT molecular complexity index is 286. The number of carbonyl (C=O) groups is 1. The Balaban J connectivity index is 0.000000293. The third-order valence-corrected chi connectivity index (χ3v) is 1.94. The summed E-state index contributed by atoms with van der Waals surface area (Å²) in [5, 5.41) is 8.36. The van der Waals surface area contributed by atoms with E-state index in [1.54, 1.807) is 0 Å². The summed E-state index contributed by atoms with van der Waals surface area (Å²) in [6, 6.07) is 3.30. The van der Waals surface area contributed by atoms with Crippen LogP contribution >= 0.6 is 0 Å². The zero-order valence-electron chi connectivity index (χ0n) is 9.89. The Morgan fingerprint density at radius 2 is 2.06 bits per heavy atom. The molecule has 0 bridgehead atoms. The van der Waals surface area contributed by atoms with Gasteiger partial charge >= 0.3 is 5.97 Å². The van der Waals surface area contributed by atoms with Crippen molar-refractivity contribution in [2.24, 2.45) is 5.73 Å². The molecule has 0 fully saturated rings. The maximum absolute atomic E-state index is 10.2. The number of aromatic carboxylic acids is 1. The van der Waals surface area contributed by atoms with Crippen molar-refractivity contribution in [3.63, 3.8) is 0 Å². The highest BCUT2D eigenvalue weighted by atomic mass is 16.4. The van der Waals surface area contributed by atoms with Crippen molar-refractivity contribution in [3.8, 4) is 0 Å². The lowest BCUT2D eigenvalue weighted by atomic mass is 10.2. The number of nitrogens with two attached hydrogens (primary N) is 1. The summed E-state index contributed by atoms with van der Waals surface area (Å²) in [6.07, 6.45) is 6.61. The average Bonchev–Trinajstić information content (AvgIpc) is 2.28. The lowest BCUT2D eigenvalue weighted by Gasteiger charge is -1.99. The van der Waals surface area contributed by atoms with Gasteiger partial charge in [-0.15, -0.1) is 0 Å². The van der Waals surface area contributed by atoms with Crippen molar-refractivity contribution in [3.05, 3.63) is 30.1 Å². The van der Waals surface area contributed by atoms with Gasteiger partial charge in [0.1, 0.15) is 0 Å². The summed E-state index contributed by atoms with van der Waals surface area (Å²) in [7, 11) is 0. The number of rotatable bonds is 4. The minimum atomic E-state index is -0.919. The standard InChI is InChI=1S/C6H5NO2.C6H15N/c8-6(9)5-1-3-7-4-2-5;1-3-4-5-6(2)7/h1-4H,(H,8,9);6H,3-5,7H2,1-2H3. The largest absolute Gasteiger partial charge is 0.478 e. The highest BCUT2D eigenvalue weighted by Gasteiger charge is 1.97. The van der Waals surface area contributed by atoms with Crippen LogP contribution in [0.2, 0.25) is 0 Å². The Labute approximate surface area is 96.5 Å². The molecule has 1 rings (SSSR count). The SMILES string of the molecule is CCCCC(C)N.O=C(O)c1ccncc1. The fourth-order valence-electron chi connectivity index (χ4n) is 1.02. The molecule has 0 saturated carbocycles. The van der Waals surface area contributed by atoms with Crippen molar-refractivity contribution >= 4 is 5.97 Å². The monoisotopic (exact) mass is 224 g/mol. The minimum Gasteiger partial charge on any atom is -0.478 e. The van der Waals surface area contributed by atoms with E-state index in [1.165, 1.54) is 43.8 Å². The number of aromatic nitrogens is 1. The van der Waals surface area contributed by atoms with Crippen LogP contribution in [0.3, 0.4) is 0 Å². The van der Waals surface area contributed by atoms with Crippen LogP contribution in [0.5, 0.6) is 0 Å². The molecular weight excluding hydrogens is 204 g/mol. The first-order valence-corrected chi connectivity index (χ1v) is 5.46. The summed E-state index contributed by atoms with van der Waals surface area (Å²) >= 11 is 0. The molecule has 4 nitrogen and oxygen atoms in total. The van der Waals surface area contributed by atoms with E-state index in [-0.39, 0.29) is 5.56 Å². The summed E-state index contributed by atoms with van der Waals surface area (Å²) in [5.74, 6) is -0.919. The van der Waals surface area contributed by atoms with Gasteiger partial charge in [0, 0.05) is 18.4 Å². The summed E-state index contributed by atoms with van der Waals surface area (Å²) < 4.78 is 0. The Hall–Kier alpha value is -1.42. The van der Waals surface area contributed by atoms with Crippen LogP contribution in [0, 0.1) is 0 Å². The number of carboxylic acid groups (broad SMARTS) is 1. The molecule has 0 amide bonds. The number of pyridine rings is 1. The van der Waals surface area contributed by atoms with Crippen LogP contribution in [0.25, 0.3) is 0 Å². The minimum absolute atomic E-state index is 0.269. The topological polar surface area (TPSA) is 76.2 Å². The maximum Gasteiger partial charge on any atom is 0.335 e. The Morgan fingerprint density at radius 3 is 2.31 bits per heavy atom. The predicted molar refractivity (Wildman–Crippen MR) is 64.4 cm³/mol. The highest BCUT2D eigenvalue weighted by molar-refractivity contribution is 5.87. The number of hydrogen-bond acceptors (Lipinski definition) is 3. The first kappa shape index (κ1) is 14.6. The van der Waals surface area contributed by atoms with Gasteiger partial charge < -0.3 is 10.8 Å². The molecule has 90 valence electrons. The van der Waals surface area contributed by atoms with Gasteiger partial charge in [-0.1, -0.05) is 19.8 Å². The fourth-order valence-corrected chi connectivity index (χ4v) is 1.02. The zero-order chi connectivity index (χ0) is 12.4. The van der Waals surface area contributed by atoms with Gasteiger partial charge in [0.15, 0.2) is 0 Å². The molecule has 0 spiro atoms. The van der Waals surface area contributed by atoms with Crippen LogP contribution in [0.1, 0.15) is 43.5 Å². The average molecular weight is 224 g/mol. The quantitative estimate of drug-likeness (QED) is 0.822. The third kappa shape index (κ3) is 7.94. The molecule has 1 atom stereocenters. The summed E-state index contributed by atoms with van der Waals surface area (Å²) in [4.78, 5) is 13.8. The first-order chi connectivity index (χ1) is 7.57. The van der Waals surface area contributed by atoms with Gasteiger partial charge in [-0.05, 0) is 25.5 Å². The molecule has 0 saturated heterocycles. The molecule has 1 aromatic heterocycles. The van der Waals surface area contributed by atoms with E-state index in [9.17, 15) is 4.79 Å². The molecule has 0 aliphatic heterocycles. The molecule has 1 heterocycles. The Kier molecular flexibility index (Phi) is 8.07. The van der Waals surface area contributed by atoms with E-state index in [0.29, 0.717) is 6.04 Å². The van der Waals surface area contributed by atoms with E-state index < -0.39 is 5.97 Å². The predicted octanol–water partition coefficient (Wildman–Crippen LogP) is 2.30. The molecule has 3 N–H and O–H groups in total. The van der Waals surface area contributed by atoms with Crippen molar-refractivity contribution in [1.82, 2.24) is 4.98 Å². The van der Waals surface area contributed by atoms with Gasteiger partial charge in [-0.2, -0.15) is 0 Å². The molecule has 0 aliphatic rings. The molecule has 4 heteroatoms. The lowest BCUT2D eigenvalue weighted by molar-refractivity contribution is 0.0697. The van der Waals surface area contributed by atoms with E-state index in [1.807, 2.05) is 0 Å². The van der Waals surface area contributed by atoms with Gasteiger partial charge in [0.25, 0.3) is 0 Å². The van der Waals surface area contributed by atoms with E-state index in [4.69, 9.17) is 10.8 Å². The number of carboxylic acids is 1. The van der Waals surface area contributed by atoms with Crippen molar-refractivity contribution in [2.75, 3.05) is 0 Å². The highest BCUT2D eigenvalue weighted by Crippen LogP contribution is 1.95. The van der Waals surface area contributed by atoms with E-state index in [0.717, 1.165) is 0 Å². The van der Waals surface area contributed by atoms with Crippen LogP contribution in [0.15, 0.2) is 24.5 Å². The molecule has 0 aromatic carbocycles. The maximum atomic E-state index is 10.2. The zero-order valence-corrected chi connectivity index (χ0v) is 9.89. The third-order valence-electron chi connectivity index (χ3n) is 1.94. The van der Waals surface area contributed by atoms with Gasteiger partial charge in [0.2, 0.25) is 0 Å². The van der Waals surface area contributed by atoms with Crippen LogP contribution in [-0.4, -0.2) is 22.1 Å². The van der Waals surface area contributed by atoms with Gasteiger partial charge in [-0.25, -0.2) is 4.79 Å². The van der Waals surface area contributed by atoms with Gasteiger partial charge in [-0.3, -0.25) is 4.98 Å². The summed E-state index contributed by atoms with van der Waals surface area (Å²) in [6.45, 7) is 4.23. The Morgan fingerprint density at radius 1 is 1.50 bits per heavy atom. The molecule has 1 unspecified atom stereocenters. The second-order valence-corrected chi connectivity index (χ2v) is 3.66. The smallest absolute Gasteiger partial charge is 0.335 e. The summed E-state index contributed by atoms with van der Waals surface area (Å²) in [5.41, 5.74) is 5.75. The molecular formula is C12H20N2O2. The number of hydrogen-bond donors (Lipinski definition) is 2. The van der Waals surface area contributed by atoms with Gasteiger partial charge in [0.05, 0.1) is 5.56 Å². The van der Waals surface area contributed by atoms with Crippen LogP contribution < -0.4 is 5.73 Å². The second kappa shape index (κ2) is 8.85.